The number of carbonyl (C=O) groups is 2. The van der Waals surface area contributed by atoms with Crippen molar-refractivity contribution in [3.8, 4) is 33.8 Å². The van der Waals surface area contributed by atoms with Gasteiger partial charge in [-0.2, -0.15) is 0 Å². The smallest absolute Gasteiger partial charge is 0.338 e. The van der Waals surface area contributed by atoms with Crippen LogP contribution in [-0.2, 0) is 14.3 Å². The fourth-order valence-corrected chi connectivity index (χ4v) is 2.93. The summed E-state index contributed by atoms with van der Waals surface area (Å²) < 4.78 is 15.4. The predicted octanol–water partition coefficient (Wildman–Crippen LogP) is 5.32. The molecule has 3 aromatic carbocycles. The molecule has 0 aliphatic heterocycles. The van der Waals surface area contributed by atoms with E-state index in [1.165, 1.54) is 0 Å². The van der Waals surface area contributed by atoms with Gasteiger partial charge in [-0.15, -0.1) is 0 Å². The van der Waals surface area contributed by atoms with Crippen LogP contribution in [0.1, 0.15) is 13.8 Å². The Balaban J connectivity index is 1.60. The Morgan fingerprint density at radius 2 is 1.12 bits per heavy atom. The van der Waals surface area contributed by atoms with E-state index in [4.69, 9.17) is 14.2 Å². The molecule has 0 amide bonds. The third kappa shape index (κ3) is 6.75. The molecule has 0 bridgehead atoms. The van der Waals surface area contributed by atoms with Crippen LogP contribution in [0.4, 0.5) is 0 Å². The largest absolute Gasteiger partial charge is 0.425 e. The standard InChI is InChI=1S/C28H26O6/c1-18(2)27(30)32-17-26(29)33-24-13-9-22(10-14-24)20-5-7-21(8-6-20)23-11-15-25(16-12-23)34-28(31)19(3)4/h5-16,27,30H,1,3,17H2,2,4H3. The van der Waals surface area contributed by atoms with Crippen molar-refractivity contribution in [2.45, 2.75) is 20.1 Å². The second-order valence-electron chi connectivity index (χ2n) is 7.78. The van der Waals surface area contributed by atoms with Crippen molar-refractivity contribution in [1.82, 2.24) is 0 Å². The van der Waals surface area contributed by atoms with Crippen molar-refractivity contribution in [3.63, 3.8) is 0 Å². The van der Waals surface area contributed by atoms with Crippen molar-refractivity contribution in [1.29, 1.82) is 0 Å². The van der Waals surface area contributed by atoms with Gasteiger partial charge in [0.05, 0.1) is 0 Å². The fraction of sp³-hybridized carbons (Fsp3) is 0.143. The van der Waals surface area contributed by atoms with Crippen LogP contribution < -0.4 is 9.47 Å². The van der Waals surface area contributed by atoms with E-state index in [1.807, 2.05) is 48.5 Å². The zero-order valence-corrected chi connectivity index (χ0v) is 19.1. The summed E-state index contributed by atoms with van der Waals surface area (Å²) in [7, 11) is 0. The molecule has 1 N–H and O–H groups in total. The van der Waals surface area contributed by atoms with Crippen LogP contribution in [0.3, 0.4) is 0 Å². The highest BCUT2D eigenvalue weighted by Gasteiger charge is 2.11. The first-order valence-corrected chi connectivity index (χ1v) is 10.6. The van der Waals surface area contributed by atoms with Gasteiger partial charge < -0.3 is 19.3 Å². The quantitative estimate of drug-likeness (QED) is 0.154. The van der Waals surface area contributed by atoms with Gasteiger partial charge in [0.1, 0.15) is 18.1 Å². The molecule has 1 unspecified atom stereocenters. The Labute approximate surface area is 198 Å². The molecule has 34 heavy (non-hydrogen) atoms. The van der Waals surface area contributed by atoms with E-state index in [2.05, 4.69) is 13.2 Å². The van der Waals surface area contributed by atoms with E-state index in [9.17, 15) is 14.7 Å². The van der Waals surface area contributed by atoms with Crippen molar-refractivity contribution < 1.29 is 28.9 Å². The van der Waals surface area contributed by atoms with Crippen LogP contribution in [0, 0.1) is 0 Å². The SMILES string of the molecule is C=C(C)C(=O)Oc1ccc(-c2ccc(-c3ccc(OC(=O)COC(O)C(=C)C)cc3)cc2)cc1. The van der Waals surface area contributed by atoms with Gasteiger partial charge in [-0.25, -0.2) is 9.59 Å². The molecule has 3 aromatic rings. The highest BCUT2D eigenvalue weighted by Crippen LogP contribution is 2.27. The zero-order valence-electron chi connectivity index (χ0n) is 19.1. The minimum absolute atomic E-state index is 0.346. The van der Waals surface area contributed by atoms with Crippen LogP contribution in [-0.4, -0.2) is 29.9 Å². The molecule has 1 atom stereocenters. The van der Waals surface area contributed by atoms with Gasteiger partial charge in [0, 0.05) is 5.57 Å². The fourth-order valence-electron chi connectivity index (χ4n) is 2.93. The van der Waals surface area contributed by atoms with Gasteiger partial charge in [-0.1, -0.05) is 61.7 Å². The zero-order chi connectivity index (χ0) is 24.7. The molecule has 0 aliphatic carbocycles. The number of rotatable bonds is 9. The minimum atomic E-state index is -1.20. The predicted molar refractivity (Wildman–Crippen MR) is 130 cm³/mol. The minimum Gasteiger partial charge on any atom is -0.425 e. The summed E-state index contributed by atoms with van der Waals surface area (Å²) in [5.74, 6) is -0.218. The summed E-state index contributed by atoms with van der Waals surface area (Å²) in [6, 6.07) is 22.4. The van der Waals surface area contributed by atoms with E-state index in [-0.39, 0.29) is 6.61 Å². The molecule has 174 valence electrons. The number of carbonyl (C=O) groups excluding carboxylic acids is 2. The van der Waals surface area contributed by atoms with Crippen molar-refractivity contribution in [2.24, 2.45) is 0 Å². The maximum absolute atomic E-state index is 11.9. The number of hydrogen-bond acceptors (Lipinski definition) is 6. The Kier molecular flexibility index (Phi) is 8.14. The molecular weight excluding hydrogens is 432 g/mol. The van der Waals surface area contributed by atoms with E-state index in [1.54, 1.807) is 38.1 Å². The van der Waals surface area contributed by atoms with Gasteiger partial charge in [0.2, 0.25) is 0 Å². The summed E-state index contributed by atoms with van der Waals surface area (Å²) >= 11 is 0. The second kappa shape index (κ2) is 11.2. The molecule has 6 nitrogen and oxygen atoms in total. The van der Waals surface area contributed by atoms with Crippen LogP contribution in [0.25, 0.3) is 22.3 Å². The van der Waals surface area contributed by atoms with E-state index in [0.29, 0.717) is 22.6 Å². The molecule has 0 saturated heterocycles. The lowest BCUT2D eigenvalue weighted by Gasteiger charge is -2.11. The third-order valence-corrected chi connectivity index (χ3v) is 4.83. The van der Waals surface area contributed by atoms with Crippen LogP contribution in [0.15, 0.2) is 97.1 Å². The molecule has 0 aromatic heterocycles. The Bertz CT molecular complexity index is 1180. The van der Waals surface area contributed by atoms with Gasteiger partial charge in [-0.05, 0) is 65.9 Å². The number of esters is 2. The average Bonchev–Trinajstić information content (AvgIpc) is 2.83. The molecule has 0 saturated carbocycles. The maximum atomic E-state index is 11.9. The summed E-state index contributed by atoms with van der Waals surface area (Å²) in [6.45, 7) is 9.94. The normalized spacial score (nSPS) is 11.4. The van der Waals surface area contributed by atoms with Crippen LogP contribution in [0.2, 0.25) is 0 Å². The first-order valence-electron chi connectivity index (χ1n) is 10.6. The highest BCUT2D eigenvalue weighted by atomic mass is 16.6. The van der Waals surface area contributed by atoms with Gasteiger partial charge in [0.15, 0.2) is 6.29 Å². The van der Waals surface area contributed by atoms with Gasteiger partial charge >= 0.3 is 11.9 Å². The Hall–Kier alpha value is -4.00. The number of aliphatic hydroxyl groups excluding tert-OH is 1. The van der Waals surface area contributed by atoms with Gasteiger partial charge in [0.25, 0.3) is 0 Å². The monoisotopic (exact) mass is 458 g/mol. The van der Waals surface area contributed by atoms with E-state index >= 15 is 0 Å². The number of ether oxygens (including phenoxy) is 3. The molecule has 0 spiro atoms. The molecule has 0 fully saturated rings. The Morgan fingerprint density at radius 1 is 0.735 bits per heavy atom. The first kappa shape index (κ1) is 24.6. The van der Waals surface area contributed by atoms with Gasteiger partial charge in [-0.3, -0.25) is 0 Å². The van der Waals surface area contributed by atoms with E-state index in [0.717, 1.165) is 22.3 Å². The lowest BCUT2D eigenvalue weighted by atomic mass is 10.0. The summed E-state index contributed by atoms with van der Waals surface area (Å²) in [5.41, 5.74) is 4.72. The maximum Gasteiger partial charge on any atom is 0.338 e. The second-order valence-corrected chi connectivity index (χ2v) is 7.78. The highest BCUT2D eigenvalue weighted by molar-refractivity contribution is 5.88. The topological polar surface area (TPSA) is 82.1 Å². The molecule has 0 aliphatic rings. The molecule has 0 heterocycles. The number of aliphatic hydroxyl groups is 1. The number of benzene rings is 3. The third-order valence-electron chi connectivity index (χ3n) is 4.83. The van der Waals surface area contributed by atoms with Crippen molar-refractivity contribution in [2.75, 3.05) is 6.61 Å². The lowest BCUT2D eigenvalue weighted by molar-refractivity contribution is -0.149. The van der Waals surface area contributed by atoms with E-state index < -0.39 is 18.2 Å². The average molecular weight is 459 g/mol. The summed E-state index contributed by atoms with van der Waals surface area (Å²) in [5, 5.41) is 9.51. The molecule has 6 heteroatoms. The van der Waals surface area contributed by atoms with Crippen LogP contribution in [0.5, 0.6) is 11.5 Å². The van der Waals surface area contributed by atoms with Crippen molar-refractivity contribution >= 4 is 11.9 Å². The summed E-state index contributed by atoms with van der Waals surface area (Å²) in [4.78, 5) is 23.5. The lowest BCUT2D eigenvalue weighted by Crippen LogP contribution is -2.22. The Morgan fingerprint density at radius 3 is 1.50 bits per heavy atom. The number of hydrogen-bond donors (Lipinski definition) is 1. The molecule has 0 radical (unpaired) electrons. The van der Waals surface area contributed by atoms with Crippen molar-refractivity contribution in [3.05, 3.63) is 97.1 Å². The summed E-state index contributed by atoms with van der Waals surface area (Å²) in [6.07, 6.45) is -1.20. The first-order chi connectivity index (χ1) is 16.2. The molecule has 3 rings (SSSR count). The molecular formula is C28H26O6. The van der Waals surface area contributed by atoms with Crippen LogP contribution >= 0.6 is 0 Å².